The first-order chi connectivity index (χ1) is 13.1. The summed E-state index contributed by atoms with van der Waals surface area (Å²) in [5, 5.41) is 0.649. The Labute approximate surface area is 160 Å². The largest absolute Gasteiger partial charge is 0.435 e. The number of ether oxygens (including phenoxy) is 1. The van der Waals surface area contributed by atoms with Crippen LogP contribution in [0, 0.1) is 5.82 Å². The minimum absolute atomic E-state index is 0.000646. The Kier molecular flexibility index (Phi) is 4.49. The first kappa shape index (κ1) is 17.4. The van der Waals surface area contributed by atoms with Crippen molar-refractivity contribution in [2.24, 2.45) is 0 Å². The predicted octanol–water partition coefficient (Wildman–Crippen LogP) is 4.33. The van der Waals surface area contributed by atoms with Crippen molar-refractivity contribution in [1.29, 1.82) is 0 Å². The van der Waals surface area contributed by atoms with Crippen LogP contribution in [0.15, 0.2) is 55.4 Å². The van der Waals surface area contributed by atoms with E-state index in [4.69, 9.17) is 16.3 Å². The average molecular weight is 384 g/mol. The molecule has 136 valence electrons. The van der Waals surface area contributed by atoms with Crippen LogP contribution in [0.1, 0.15) is 11.5 Å². The van der Waals surface area contributed by atoms with Crippen molar-refractivity contribution in [3.63, 3.8) is 0 Å². The van der Waals surface area contributed by atoms with E-state index in [9.17, 15) is 9.18 Å². The van der Waals surface area contributed by atoms with E-state index in [2.05, 4.69) is 16.5 Å². The van der Waals surface area contributed by atoms with Crippen LogP contribution in [-0.4, -0.2) is 33.9 Å². The lowest BCUT2D eigenvalue weighted by Crippen LogP contribution is -2.47. The fourth-order valence-corrected chi connectivity index (χ4v) is 3.22. The van der Waals surface area contributed by atoms with Crippen LogP contribution in [0.25, 0.3) is 10.9 Å². The molecule has 1 fully saturated rings. The zero-order valence-electron chi connectivity index (χ0n) is 14.2. The molecule has 5 nitrogen and oxygen atoms in total. The van der Waals surface area contributed by atoms with Gasteiger partial charge in [0.1, 0.15) is 6.33 Å². The van der Waals surface area contributed by atoms with Crippen LogP contribution in [0.5, 0.6) is 11.6 Å². The fraction of sp³-hybridized carbons (Fsp3) is 0.150. The average Bonchev–Trinajstić information content (AvgIpc) is 2.64. The molecule has 0 saturated carbocycles. The topological polar surface area (TPSA) is 55.3 Å². The molecule has 0 spiro atoms. The highest BCUT2D eigenvalue weighted by Crippen LogP contribution is 2.34. The van der Waals surface area contributed by atoms with Crippen molar-refractivity contribution in [3.05, 3.63) is 71.8 Å². The maximum Gasteiger partial charge on any atom is 0.245 e. The molecule has 1 saturated heterocycles. The Hall–Kier alpha value is -2.99. The Morgan fingerprint density at radius 1 is 1.30 bits per heavy atom. The molecule has 2 aromatic carbocycles. The fourth-order valence-electron chi connectivity index (χ4n) is 3.05. The number of amides is 1. The van der Waals surface area contributed by atoms with Crippen LogP contribution in [-0.2, 0) is 4.79 Å². The van der Waals surface area contributed by atoms with Gasteiger partial charge >= 0.3 is 0 Å². The third-order valence-electron chi connectivity index (χ3n) is 4.58. The third-order valence-corrected chi connectivity index (χ3v) is 4.88. The van der Waals surface area contributed by atoms with Crippen molar-refractivity contribution in [2.75, 3.05) is 13.1 Å². The second-order valence-corrected chi connectivity index (χ2v) is 6.66. The maximum absolute atomic E-state index is 14.2. The van der Waals surface area contributed by atoms with E-state index < -0.39 is 5.82 Å². The van der Waals surface area contributed by atoms with Gasteiger partial charge in [0, 0.05) is 19.0 Å². The highest BCUT2D eigenvalue weighted by Gasteiger charge is 2.30. The molecule has 0 N–H and O–H groups in total. The molecular formula is C20H15ClFN3O2. The standard InChI is InChI=1S/C20H15ClFN3O2/c1-2-18(26)25-9-13(10-25)12-6-7-16-14(8-12)20(24-11-23-16)27-17-5-3-4-15(21)19(17)22/h2-8,11,13H,1,9-10H2. The number of nitrogens with zero attached hydrogens (tertiary/aromatic N) is 3. The summed E-state index contributed by atoms with van der Waals surface area (Å²) < 4.78 is 19.8. The van der Waals surface area contributed by atoms with Gasteiger partial charge in [0.15, 0.2) is 11.6 Å². The number of aromatic nitrogens is 2. The van der Waals surface area contributed by atoms with Gasteiger partial charge in [-0.15, -0.1) is 0 Å². The molecule has 2 heterocycles. The molecule has 0 radical (unpaired) electrons. The monoisotopic (exact) mass is 383 g/mol. The number of fused-ring (bicyclic) bond motifs is 1. The number of carbonyl (C=O) groups excluding carboxylic acids is 1. The number of carbonyl (C=O) groups is 1. The summed E-state index contributed by atoms with van der Waals surface area (Å²) in [5.41, 5.74) is 1.73. The lowest BCUT2D eigenvalue weighted by atomic mass is 9.90. The van der Waals surface area contributed by atoms with Crippen molar-refractivity contribution >= 4 is 28.4 Å². The first-order valence-corrected chi connectivity index (χ1v) is 8.72. The van der Waals surface area contributed by atoms with Gasteiger partial charge in [0.2, 0.25) is 11.8 Å². The second-order valence-electron chi connectivity index (χ2n) is 6.25. The van der Waals surface area contributed by atoms with Crippen molar-refractivity contribution < 1.29 is 13.9 Å². The molecule has 0 aliphatic carbocycles. The highest BCUT2D eigenvalue weighted by atomic mass is 35.5. The predicted molar refractivity (Wildman–Crippen MR) is 101 cm³/mol. The summed E-state index contributed by atoms with van der Waals surface area (Å²) in [6.07, 6.45) is 2.68. The van der Waals surface area contributed by atoms with E-state index in [1.807, 2.05) is 18.2 Å². The molecule has 1 aliphatic rings. The smallest absolute Gasteiger partial charge is 0.245 e. The zero-order chi connectivity index (χ0) is 19.0. The second kappa shape index (κ2) is 6.96. The van der Waals surface area contributed by atoms with Gasteiger partial charge in [-0.05, 0) is 35.9 Å². The molecule has 1 aromatic heterocycles. The Balaban J connectivity index is 1.65. The number of likely N-dealkylation sites (tertiary alicyclic amines) is 1. The maximum atomic E-state index is 14.2. The van der Waals surface area contributed by atoms with Gasteiger partial charge < -0.3 is 9.64 Å². The molecule has 4 rings (SSSR count). The lowest BCUT2D eigenvalue weighted by molar-refractivity contribution is -0.130. The zero-order valence-corrected chi connectivity index (χ0v) is 15.0. The molecule has 0 unspecified atom stereocenters. The quantitative estimate of drug-likeness (QED) is 0.629. The molecular weight excluding hydrogens is 369 g/mol. The number of hydrogen-bond donors (Lipinski definition) is 0. The van der Waals surface area contributed by atoms with Gasteiger partial charge in [-0.2, -0.15) is 0 Å². The van der Waals surface area contributed by atoms with Crippen LogP contribution in [0.2, 0.25) is 5.02 Å². The molecule has 7 heteroatoms. The summed E-state index contributed by atoms with van der Waals surface area (Å²) in [4.78, 5) is 21.7. The van der Waals surface area contributed by atoms with Crippen LogP contribution >= 0.6 is 11.6 Å². The van der Waals surface area contributed by atoms with Crippen molar-refractivity contribution in [3.8, 4) is 11.6 Å². The molecule has 3 aromatic rings. The Bertz CT molecular complexity index is 1050. The van der Waals surface area contributed by atoms with E-state index in [-0.39, 0.29) is 28.5 Å². The summed E-state index contributed by atoms with van der Waals surface area (Å²) in [7, 11) is 0. The molecule has 0 bridgehead atoms. The molecule has 1 aliphatic heterocycles. The molecule has 27 heavy (non-hydrogen) atoms. The van der Waals surface area contributed by atoms with Gasteiger partial charge in [-0.1, -0.05) is 30.3 Å². The van der Waals surface area contributed by atoms with Crippen molar-refractivity contribution in [2.45, 2.75) is 5.92 Å². The number of hydrogen-bond acceptors (Lipinski definition) is 4. The minimum Gasteiger partial charge on any atom is -0.435 e. The van der Waals surface area contributed by atoms with E-state index in [0.29, 0.717) is 24.0 Å². The Morgan fingerprint density at radius 2 is 2.11 bits per heavy atom. The number of benzene rings is 2. The lowest BCUT2D eigenvalue weighted by Gasteiger charge is -2.39. The van der Waals surface area contributed by atoms with Gasteiger partial charge in [-0.3, -0.25) is 4.79 Å². The van der Waals surface area contributed by atoms with Crippen molar-refractivity contribution in [1.82, 2.24) is 14.9 Å². The summed E-state index contributed by atoms with van der Waals surface area (Å²) >= 11 is 5.82. The van der Waals surface area contributed by atoms with E-state index in [1.54, 1.807) is 11.0 Å². The third kappa shape index (κ3) is 3.24. The summed E-state index contributed by atoms with van der Waals surface area (Å²) in [5.74, 6) is -0.245. The summed E-state index contributed by atoms with van der Waals surface area (Å²) in [6, 6.07) is 10.3. The number of halogens is 2. The Morgan fingerprint density at radius 3 is 2.89 bits per heavy atom. The van der Waals surface area contributed by atoms with E-state index in [0.717, 1.165) is 5.56 Å². The van der Waals surface area contributed by atoms with Crippen LogP contribution in [0.4, 0.5) is 4.39 Å². The summed E-state index contributed by atoms with van der Waals surface area (Å²) in [6.45, 7) is 4.76. The van der Waals surface area contributed by atoms with Gasteiger partial charge in [-0.25, -0.2) is 14.4 Å². The first-order valence-electron chi connectivity index (χ1n) is 8.34. The molecule has 1 amide bonds. The van der Waals surface area contributed by atoms with Gasteiger partial charge in [0.05, 0.1) is 15.9 Å². The molecule has 0 atom stereocenters. The van der Waals surface area contributed by atoms with Gasteiger partial charge in [0.25, 0.3) is 0 Å². The SMILES string of the molecule is C=CC(=O)N1CC(c2ccc3ncnc(Oc4cccc(Cl)c4F)c3c2)C1. The minimum atomic E-state index is -0.639. The van der Waals surface area contributed by atoms with E-state index >= 15 is 0 Å². The van der Waals surface area contributed by atoms with E-state index in [1.165, 1.54) is 24.5 Å². The highest BCUT2D eigenvalue weighted by molar-refractivity contribution is 6.30. The van der Waals surface area contributed by atoms with Crippen LogP contribution < -0.4 is 4.74 Å². The number of rotatable bonds is 4. The van der Waals surface area contributed by atoms with Crippen LogP contribution in [0.3, 0.4) is 0 Å². The normalized spacial score (nSPS) is 14.1.